The number of anilines is 1. The van der Waals surface area contributed by atoms with Crippen molar-refractivity contribution in [3.63, 3.8) is 0 Å². The van der Waals surface area contributed by atoms with E-state index in [2.05, 4.69) is 9.71 Å². The average molecular weight is 808 g/mol. The molecule has 1 aliphatic heterocycles. The maximum atomic E-state index is 14.0. The van der Waals surface area contributed by atoms with E-state index < -0.39 is 45.6 Å². The molecular weight excluding hydrogens is 761 g/mol. The molecule has 0 atom stereocenters. The lowest BCUT2D eigenvalue weighted by Gasteiger charge is -2.30. The maximum Gasteiger partial charge on any atom is 0.475 e. The first kappa shape index (κ1) is 41.6. The highest BCUT2D eigenvalue weighted by Crippen LogP contribution is 2.55. The van der Waals surface area contributed by atoms with E-state index in [1.165, 1.54) is 23.1 Å². The number of H-pyrrole nitrogens is 1. The Hall–Kier alpha value is -3.60. The molecule has 4 aromatic rings. The number of aromatic amines is 1. The second kappa shape index (κ2) is 15.9. The maximum absolute atomic E-state index is 14.0. The minimum atomic E-state index is -4.24. The van der Waals surface area contributed by atoms with Crippen LogP contribution in [0.2, 0.25) is 0 Å². The monoisotopic (exact) mass is 807 g/mol. The van der Waals surface area contributed by atoms with E-state index in [0.717, 1.165) is 17.4 Å². The van der Waals surface area contributed by atoms with Crippen LogP contribution in [0.5, 0.6) is 5.75 Å². The van der Waals surface area contributed by atoms with Crippen molar-refractivity contribution in [3.05, 3.63) is 69.4 Å². The van der Waals surface area contributed by atoms with Crippen molar-refractivity contribution in [2.24, 2.45) is 0 Å². The number of ether oxygens (including phenoxy) is 1. The molecule has 1 amide bonds. The largest absolute Gasteiger partial charge is 0.492 e. The SMILES string of the molecule is CN(C)CCOc1ccc2[nH]c(C(=O)N3CCc4c3c(CCl)c([N+](=O)[O-])c3cc(S(=O)(=O)NCCOP(=O)(OC(C)(C)C)OC(C)(C)C)ccc43)cc2c1. The van der Waals surface area contributed by atoms with E-state index in [9.17, 15) is 27.9 Å². The van der Waals surface area contributed by atoms with E-state index in [0.29, 0.717) is 35.4 Å². The Kier molecular flexibility index (Phi) is 12.2. The first-order valence-electron chi connectivity index (χ1n) is 17.3. The predicted octanol–water partition coefficient (Wildman–Crippen LogP) is 7.14. The number of nitro benzene ring substituents is 1. The number of carbonyl (C=O) groups is 1. The molecule has 5 rings (SSSR count). The number of amides is 1. The fourth-order valence-electron chi connectivity index (χ4n) is 6.15. The zero-order chi connectivity index (χ0) is 39.8. The Morgan fingerprint density at radius 3 is 2.33 bits per heavy atom. The Labute approximate surface area is 320 Å². The van der Waals surface area contributed by atoms with Crippen LogP contribution in [0, 0.1) is 10.1 Å². The summed E-state index contributed by atoms with van der Waals surface area (Å²) in [6, 6.07) is 11.3. The highest BCUT2D eigenvalue weighted by Gasteiger charge is 2.38. The first-order valence-corrected chi connectivity index (χ1v) is 20.8. The van der Waals surface area contributed by atoms with Crippen molar-refractivity contribution >= 4 is 68.4 Å². The Morgan fingerprint density at radius 1 is 1.04 bits per heavy atom. The molecule has 15 nitrogen and oxygen atoms in total. The molecule has 18 heteroatoms. The first-order chi connectivity index (χ1) is 25.1. The second-order valence-corrected chi connectivity index (χ2v) is 18.7. The summed E-state index contributed by atoms with van der Waals surface area (Å²) in [6.45, 7) is 10.9. The molecule has 0 spiro atoms. The molecule has 2 heterocycles. The van der Waals surface area contributed by atoms with Gasteiger partial charge in [0.25, 0.3) is 11.6 Å². The second-order valence-electron chi connectivity index (χ2n) is 15.1. The molecule has 0 bridgehead atoms. The van der Waals surface area contributed by atoms with Crippen molar-refractivity contribution in [3.8, 4) is 5.75 Å². The van der Waals surface area contributed by atoms with Gasteiger partial charge in [0.2, 0.25) is 10.0 Å². The average Bonchev–Trinajstić information content (AvgIpc) is 3.68. The minimum absolute atomic E-state index is 0.0666. The number of hydrogen-bond donors (Lipinski definition) is 2. The number of halogens is 1. The number of sulfonamides is 1. The van der Waals surface area contributed by atoms with Gasteiger partial charge in [-0.1, -0.05) is 6.07 Å². The highest BCUT2D eigenvalue weighted by atomic mass is 35.5. The molecular formula is C36H47ClN5O10PS. The third kappa shape index (κ3) is 9.61. The van der Waals surface area contributed by atoms with Crippen LogP contribution in [0.3, 0.4) is 0 Å². The molecule has 2 N–H and O–H groups in total. The Balaban J connectivity index is 1.41. The number of nitrogens with one attached hydrogen (secondary N) is 2. The van der Waals surface area contributed by atoms with Gasteiger partial charge in [0.05, 0.1) is 50.1 Å². The van der Waals surface area contributed by atoms with E-state index in [1.54, 1.807) is 47.6 Å². The zero-order valence-corrected chi connectivity index (χ0v) is 34.1. The van der Waals surface area contributed by atoms with Crippen LogP contribution < -0.4 is 14.4 Å². The minimum Gasteiger partial charge on any atom is -0.492 e. The number of likely N-dealkylation sites (N-methyl/N-ethyl adjacent to an activating group) is 1. The Morgan fingerprint density at radius 2 is 1.72 bits per heavy atom. The van der Waals surface area contributed by atoms with Gasteiger partial charge in [-0.25, -0.2) is 17.7 Å². The van der Waals surface area contributed by atoms with E-state index in [1.807, 2.05) is 37.2 Å². The number of phosphoric ester groups is 1. The van der Waals surface area contributed by atoms with Crippen LogP contribution in [0.25, 0.3) is 21.7 Å². The molecule has 0 aliphatic carbocycles. The van der Waals surface area contributed by atoms with Crippen molar-refractivity contribution in [2.75, 3.05) is 51.8 Å². The van der Waals surface area contributed by atoms with Crippen LogP contribution >= 0.6 is 19.4 Å². The molecule has 0 saturated heterocycles. The number of aromatic nitrogens is 1. The number of benzene rings is 3. The van der Waals surface area contributed by atoms with Crippen molar-refractivity contribution in [1.29, 1.82) is 0 Å². The van der Waals surface area contributed by atoms with Crippen LogP contribution in [0.1, 0.15) is 63.2 Å². The standard InChI is InChI=1S/C36H47ClN5O10PS/c1-35(2,3)51-53(46,52-36(4,5)6)50-17-14-38-54(47,48)25-10-11-26-27-13-15-41(32(27)29(22-37)33(42(44)45)28(26)21-25)34(43)31-20-23-19-24(9-12-30(23)39-31)49-18-16-40(7)8/h9-12,19-21,38-39H,13-18,22H2,1-8H3. The predicted molar refractivity (Wildman–Crippen MR) is 208 cm³/mol. The summed E-state index contributed by atoms with van der Waals surface area (Å²) in [7, 11) is -4.42. The summed E-state index contributed by atoms with van der Waals surface area (Å²) in [6.07, 6.45) is 0.360. The van der Waals surface area contributed by atoms with Gasteiger partial charge < -0.3 is 19.5 Å². The van der Waals surface area contributed by atoms with Crippen molar-refractivity contribution in [1.82, 2.24) is 14.6 Å². The molecule has 1 aliphatic rings. The quantitative estimate of drug-likeness (QED) is 0.0409. The van der Waals surface area contributed by atoms with Gasteiger partial charge in [0.15, 0.2) is 0 Å². The lowest BCUT2D eigenvalue weighted by Crippen LogP contribution is -2.30. The number of phosphoric acid groups is 1. The number of hydrogen-bond acceptors (Lipinski definition) is 11. The number of nitro groups is 1. The van der Waals surface area contributed by atoms with Gasteiger partial charge in [-0.3, -0.25) is 28.5 Å². The molecule has 1 aromatic heterocycles. The topological polar surface area (TPSA) is 183 Å². The third-order valence-electron chi connectivity index (χ3n) is 8.20. The summed E-state index contributed by atoms with van der Waals surface area (Å²) in [5.41, 5.74) is -0.0595. The number of alkyl halides is 1. The van der Waals surface area contributed by atoms with Gasteiger partial charge in [-0.2, -0.15) is 0 Å². The molecule has 0 unspecified atom stereocenters. The number of rotatable bonds is 15. The van der Waals surface area contributed by atoms with Gasteiger partial charge in [0.1, 0.15) is 18.1 Å². The summed E-state index contributed by atoms with van der Waals surface area (Å²) in [5, 5.41) is 13.9. The Bertz CT molecular complexity index is 2210. The van der Waals surface area contributed by atoms with E-state index in [4.69, 9.17) is 29.9 Å². The van der Waals surface area contributed by atoms with E-state index in [-0.39, 0.29) is 47.1 Å². The van der Waals surface area contributed by atoms with Crippen LogP contribution in [-0.2, 0) is 40.5 Å². The van der Waals surface area contributed by atoms with Gasteiger partial charge >= 0.3 is 7.82 Å². The molecule has 54 heavy (non-hydrogen) atoms. The number of fused-ring (bicyclic) bond motifs is 4. The number of carbonyl (C=O) groups excluding carboxylic acids is 1. The fraction of sp³-hybridized carbons (Fsp3) is 0.472. The summed E-state index contributed by atoms with van der Waals surface area (Å²) in [5.74, 6) is -0.0398. The zero-order valence-electron chi connectivity index (χ0n) is 31.6. The summed E-state index contributed by atoms with van der Waals surface area (Å²) >= 11 is 6.40. The normalized spacial score (nSPS) is 14.0. The summed E-state index contributed by atoms with van der Waals surface area (Å²) in [4.78, 5) is 32.5. The van der Waals surface area contributed by atoms with Crippen LogP contribution in [0.4, 0.5) is 11.4 Å². The highest BCUT2D eigenvalue weighted by molar-refractivity contribution is 7.89. The van der Waals surface area contributed by atoms with Crippen molar-refractivity contribution in [2.45, 2.75) is 69.9 Å². The summed E-state index contributed by atoms with van der Waals surface area (Å²) < 4.78 is 65.1. The molecule has 0 radical (unpaired) electrons. The fourth-order valence-corrected chi connectivity index (χ4v) is 9.24. The smallest absolute Gasteiger partial charge is 0.475 e. The lowest BCUT2D eigenvalue weighted by molar-refractivity contribution is -0.383. The van der Waals surface area contributed by atoms with Gasteiger partial charge in [-0.15, -0.1) is 11.6 Å². The molecule has 3 aromatic carbocycles. The third-order valence-corrected chi connectivity index (χ3v) is 12.0. The van der Waals surface area contributed by atoms with Gasteiger partial charge in [-0.05, 0) is 109 Å². The number of nitrogens with zero attached hydrogens (tertiary/aromatic N) is 3. The van der Waals surface area contributed by atoms with Crippen LogP contribution in [-0.4, -0.2) is 87.3 Å². The molecule has 0 fully saturated rings. The molecule has 294 valence electrons. The van der Waals surface area contributed by atoms with Crippen molar-refractivity contribution < 1.29 is 41.0 Å². The van der Waals surface area contributed by atoms with E-state index >= 15 is 0 Å². The lowest BCUT2D eigenvalue weighted by atomic mass is 9.96. The van der Waals surface area contributed by atoms with Gasteiger partial charge in [0, 0.05) is 30.5 Å². The molecule has 0 saturated carbocycles. The van der Waals surface area contributed by atoms with Crippen LogP contribution in [0.15, 0.2) is 47.4 Å².